The fraction of sp³-hybridized carbons (Fsp3) is 0.353. The Bertz CT molecular complexity index is 843. The zero-order valence-electron chi connectivity index (χ0n) is 14.4. The number of nitriles is 1. The monoisotopic (exact) mass is 306 g/mol. The van der Waals surface area contributed by atoms with Crippen LogP contribution in [0.3, 0.4) is 0 Å². The SMILES string of the molecule is [B]OC(=C(C#N)c1c(C)nn(C)c1C)c1c(C)ncc(C)c1C. The van der Waals surface area contributed by atoms with Gasteiger partial charge in [-0.05, 0) is 45.7 Å². The van der Waals surface area contributed by atoms with Gasteiger partial charge in [0.05, 0.1) is 5.69 Å². The molecule has 0 aliphatic heterocycles. The average molecular weight is 306 g/mol. The van der Waals surface area contributed by atoms with Crippen LogP contribution in [0.5, 0.6) is 0 Å². The second-order valence-corrected chi connectivity index (χ2v) is 5.63. The molecule has 23 heavy (non-hydrogen) atoms. The number of allylic oxidation sites excluding steroid dienone is 1. The molecule has 0 aliphatic carbocycles. The molecule has 0 unspecified atom stereocenters. The molecule has 2 aromatic heterocycles. The highest BCUT2D eigenvalue weighted by Crippen LogP contribution is 2.33. The van der Waals surface area contributed by atoms with E-state index in [1.54, 1.807) is 10.9 Å². The van der Waals surface area contributed by atoms with Crippen molar-refractivity contribution >= 4 is 19.4 Å². The molecule has 2 radical (unpaired) electrons. The largest absolute Gasteiger partial charge is 0.566 e. The zero-order valence-corrected chi connectivity index (χ0v) is 14.4. The van der Waals surface area contributed by atoms with E-state index in [2.05, 4.69) is 16.2 Å². The van der Waals surface area contributed by atoms with Crippen molar-refractivity contribution in [1.29, 1.82) is 5.26 Å². The minimum Gasteiger partial charge on any atom is -0.566 e. The molecule has 0 fully saturated rings. The van der Waals surface area contributed by atoms with E-state index in [1.165, 1.54) is 0 Å². The third-order valence-corrected chi connectivity index (χ3v) is 4.22. The molecule has 0 saturated heterocycles. The average Bonchev–Trinajstić information content (AvgIpc) is 2.76. The second-order valence-electron chi connectivity index (χ2n) is 5.63. The molecule has 0 amide bonds. The highest BCUT2D eigenvalue weighted by Gasteiger charge is 2.22. The van der Waals surface area contributed by atoms with Crippen molar-refractivity contribution in [2.24, 2.45) is 7.05 Å². The minimum absolute atomic E-state index is 0.331. The van der Waals surface area contributed by atoms with Crippen molar-refractivity contribution in [3.63, 3.8) is 0 Å². The molecule has 116 valence electrons. The summed E-state index contributed by atoms with van der Waals surface area (Å²) in [5, 5.41) is 14.1. The lowest BCUT2D eigenvalue weighted by Crippen LogP contribution is -2.04. The second kappa shape index (κ2) is 6.29. The van der Waals surface area contributed by atoms with E-state index in [9.17, 15) is 5.26 Å². The van der Waals surface area contributed by atoms with Gasteiger partial charge in [-0.15, -0.1) is 0 Å². The van der Waals surface area contributed by atoms with Crippen LogP contribution in [0.1, 0.15) is 39.3 Å². The highest BCUT2D eigenvalue weighted by molar-refractivity contribution is 6.07. The number of rotatable bonds is 3. The van der Waals surface area contributed by atoms with Crippen LogP contribution >= 0.6 is 0 Å². The summed E-state index contributed by atoms with van der Waals surface area (Å²) in [6, 6.07) is 2.23. The van der Waals surface area contributed by atoms with Gasteiger partial charge in [-0.2, -0.15) is 10.4 Å². The Morgan fingerprint density at radius 2 is 1.83 bits per heavy atom. The van der Waals surface area contributed by atoms with Gasteiger partial charge in [0.15, 0.2) is 0 Å². The fourth-order valence-corrected chi connectivity index (χ4v) is 2.76. The van der Waals surface area contributed by atoms with E-state index in [-0.39, 0.29) is 0 Å². The molecule has 5 nitrogen and oxygen atoms in total. The molecule has 0 saturated carbocycles. The summed E-state index contributed by atoms with van der Waals surface area (Å²) in [6.45, 7) is 9.58. The van der Waals surface area contributed by atoms with Crippen LogP contribution in [-0.4, -0.2) is 22.8 Å². The molecule has 0 bridgehead atoms. The Morgan fingerprint density at radius 1 is 1.17 bits per heavy atom. The predicted octanol–water partition coefficient (Wildman–Crippen LogP) is 2.85. The van der Waals surface area contributed by atoms with E-state index in [4.69, 9.17) is 12.7 Å². The predicted molar refractivity (Wildman–Crippen MR) is 90.4 cm³/mol. The molecule has 6 heteroatoms. The molecule has 2 heterocycles. The maximum Gasteiger partial charge on any atom is 0.374 e. The maximum absolute atomic E-state index is 9.75. The normalized spacial score (nSPS) is 11.9. The van der Waals surface area contributed by atoms with Gasteiger partial charge < -0.3 is 4.65 Å². The molecular weight excluding hydrogens is 287 g/mol. The van der Waals surface area contributed by atoms with Gasteiger partial charge in [0.1, 0.15) is 17.4 Å². The molecule has 2 aromatic rings. The van der Waals surface area contributed by atoms with Crippen LogP contribution in [-0.2, 0) is 11.7 Å². The number of hydrogen-bond acceptors (Lipinski definition) is 4. The third-order valence-electron chi connectivity index (χ3n) is 4.22. The summed E-state index contributed by atoms with van der Waals surface area (Å²) in [7, 11) is 7.39. The van der Waals surface area contributed by atoms with Gasteiger partial charge in [0.25, 0.3) is 0 Å². The Hall–Kier alpha value is -2.55. The van der Waals surface area contributed by atoms with Crippen molar-refractivity contribution in [1.82, 2.24) is 14.8 Å². The van der Waals surface area contributed by atoms with Gasteiger partial charge in [0, 0.05) is 35.8 Å². The van der Waals surface area contributed by atoms with Gasteiger partial charge in [-0.1, -0.05) is 0 Å². The van der Waals surface area contributed by atoms with Crippen molar-refractivity contribution in [3.8, 4) is 6.07 Å². The van der Waals surface area contributed by atoms with E-state index in [0.29, 0.717) is 11.3 Å². The van der Waals surface area contributed by atoms with Crippen LogP contribution < -0.4 is 0 Å². The van der Waals surface area contributed by atoms with Crippen LogP contribution in [0.2, 0.25) is 0 Å². The summed E-state index contributed by atoms with van der Waals surface area (Å²) in [4.78, 5) is 4.37. The molecule has 2 rings (SSSR count). The van der Waals surface area contributed by atoms with E-state index < -0.39 is 0 Å². The first-order valence-electron chi connectivity index (χ1n) is 7.28. The lowest BCUT2D eigenvalue weighted by molar-refractivity contribution is 0.572. The molecular formula is C17H19BN4O. The van der Waals surface area contributed by atoms with Crippen molar-refractivity contribution < 1.29 is 4.65 Å². The Kier molecular flexibility index (Phi) is 4.60. The summed E-state index contributed by atoms with van der Waals surface area (Å²) >= 11 is 0. The Balaban J connectivity index is 2.88. The number of hydrogen-bond donors (Lipinski definition) is 0. The van der Waals surface area contributed by atoms with Gasteiger partial charge in [-0.25, -0.2) is 0 Å². The summed E-state index contributed by atoms with van der Waals surface area (Å²) in [6.07, 6.45) is 1.80. The smallest absolute Gasteiger partial charge is 0.374 e. The number of nitrogens with zero attached hydrogens (tertiary/aromatic N) is 4. The summed E-state index contributed by atoms with van der Waals surface area (Å²) in [5.74, 6) is 0.331. The quantitative estimate of drug-likeness (QED) is 0.497. The third kappa shape index (κ3) is 2.75. The maximum atomic E-state index is 9.75. The van der Waals surface area contributed by atoms with Crippen LogP contribution in [0, 0.1) is 45.9 Å². The van der Waals surface area contributed by atoms with E-state index >= 15 is 0 Å². The number of pyridine rings is 1. The van der Waals surface area contributed by atoms with Gasteiger partial charge in [0.2, 0.25) is 0 Å². The molecule has 0 atom stereocenters. The highest BCUT2D eigenvalue weighted by atomic mass is 16.4. The standard InChI is InChI=1S/C17H19BN4O/c1-9-8-20-11(3)15(10(9)2)17(23-18)14(7-19)16-12(4)21-22(6)13(16)5/h8H,1-6H3. The van der Waals surface area contributed by atoms with E-state index in [1.807, 2.05) is 41.7 Å². The summed E-state index contributed by atoms with van der Waals surface area (Å²) in [5.41, 5.74) is 6.27. The van der Waals surface area contributed by atoms with Crippen molar-refractivity contribution in [2.75, 3.05) is 0 Å². The van der Waals surface area contributed by atoms with Gasteiger partial charge in [-0.3, -0.25) is 9.67 Å². The molecule has 0 aromatic carbocycles. The lowest BCUT2D eigenvalue weighted by atomic mass is 9.95. The van der Waals surface area contributed by atoms with E-state index in [0.717, 1.165) is 39.3 Å². The zero-order chi connectivity index (χ0) is 17.3. The van der Waals surface area contributed by atoms with Crippen molar-refractivity contribution in [2.45, 2.75) is 34.6 Å². The first-order chi connectivity index (χ1) is 10.8. The number of aromatic nitrogens is 3. The fourth-order valence-electron chi connectivity index (χ4n) is 2.76. The first kappa shape index (κ1) is 16.8. The minimum atomic E-state index is 0.331. The first-order valence-corrected chi connectivity index (χ1v) is 7.28. The van der Waals surface area contributed by atoms with Gasteiger partial charge >= 0.3 is 8.05 Å². The van der Waals surface area contributed by atoms with Crippen molar-refractivity contribution in [3.05, 3.63) is 45.5 Å². The van der Waals surface area contributed by atoms with Crippen LogP contribution in [0.25, 0.3) is 11.3 Å². The van der Waals surface area contributed by atoms with Crippen LogP contribution in [0.15, 0.2) is 6.20 Å². The summed E-state index contributed by atoms with van der Waals surface area (Å²) < 4.78 is 6.90. The Labute approximate surface area is 138 Å². The number of aryl methyl sites for hydroxylation is 4. The lowest BCUT2D eigenvalue weighted by Gasteiger charge is -2.16. The molecule has 0 N–H and O–H groups in total. The molecule has 0 spiro atoms. The Morgan fingerprint density at radius 3 is 2.30 bits per heavy atom. The topological polar surface area (TPSA) is 63.7 Å². The van der Waals surface area contributed by atoms with Crippen LogP contribution in [0.4, 0.5) is 0 Å². The molecule has 0 aliphatic rings.